The number of aromatic amines is 1. The van der Waals surface area contributed by atoms with Crippen molar-refractivity contribution in [3.05, 3.63) is 64.4 Å². The number of aryl methyl sites for hydroxylation is 1. The van der Waals surface area contributed by atoms with Crippen LogP contribution in [0.25, 0.3) is 11.3 Å². The van der Waals surface area contributed by atoms with Gasteiger partial charge in [0.05, 0.1) is 12.4 Å². The van der Waals surface area contributed by atoms with Crippen LogP contribution in [0.3, 0.4) is 0 Å². The number of rotatable bonds is 3. The summed E-state index contributed by atoms with van der Waals surface area (Å²) >= 11 is 0. The van der Waals surface area contributed by atoms with E-state index in [1.54, 1.807) is 6.07 Å². The van der Waals surface area contributed by atoms with Crippen LogP contribution in [-0.4, -0.2) is 21.0 Å². The number of nitrogens with zero attached hydrogens (tertiary/aromatic N) is 2. The minimum atomic E-state index is -0.519. The van der Waals surface area contributed by atoms with Crippen molar-refractivity contribution < 1.29 is 9.52 Å². The second-order valence-corrected chi connectivity index (χ2v) is 4.60. The summed E-state index contributed by atoms with van der Waals surface area (Å²) in [6.07, 6.45) is 2.59. The fourth-order valence-corrected chi connectivity index (χ4v) is 1.87. The molecule has 106 valence electrons. The van der Waals surface area contributed by atoms with Crippen molar-refractivity contribution >= 4 is 6.21 Å². The average Bonchev–Trinajstić information content (AvgIpc) is 3.04. The third-order valence-corrected chi connectivity index (χ3v) is 2.96. The largest absolute Gasteiger partial charge is 0.493 e. The summed E-state index contributed by atoms with van der Waals surface area (Å²) in [5, 5.41) is 13.0. The van der Waals surface area contributed by atoms with Crippen molar-refractivity contribution in [1.29, 1.82) is 0 Å². The number of furan rings is 1. The van der Waals surface area contributed by atoms with Gasteiger partial charge in [0, 0.05) is 5.56 Å². The zero-order valence-electron chi connectivity index (χ0n) is 11.3. The lowest BCUT2D eigenvalue weighted by Gasteiger charge is -1.97. The van der Waals surface area contributed by atoms with Crippen LogP contribution < -0.4 is 5.69 Å². The first-order valence-corrected chi connectivity index (χ1v) is 6.34. The van der Waals surface area contributed by atoms with Crippen molar-refractivity contribution in [3.8, 4) is 17.2 Å². The maximum Gasteiger partial charge on any atom is 0.349 e. The monoisotopic (exact) mass is 283 g/mol. The van der Waals surface area contributed by atoms with Gasteiger partial charge in [0.2, 0.25) is 5.88 Å². The Balaban J connectivity index is 1.83. The fourth-order valence-electron chi connectivity index (χ4n) is 1.87. The van der Waals surface area contributed by atoms with Crippen molar-refractivity contribution in [2.75, 3.05) is 0 Å². The minimum absolute atomic E-state index is 0.239. The third-order valence-electron chi connectivity index (χ3n) is 2.96. The van der Waals surface area contributed by atoms with Gasteiger partial charge >= 0.3 is 5.69 Å². The molecule has 0 aliphatic heterocycles. The van der Waals surface area contributed by atoms with E-state index >= 15 is 0 Å². The summed E-state index contributed by atoms with van der Waals surface area (Å²) in [5.74, 6) is 0.996. The summed E-state index contributed by atoms with van der Waals surface area (Å²) in [6, 6.07) is 11.6. The van der Waals surface area contributed by atoms with Gasteiger partial charge in [0.15, 0.2) is 0 Å². The predicted molar refractivity (Wildman–Crippen MR) is 78.6 cm³/mol. The molecule has 0 aliphatic rings. The minimum Gasteiger partial charge on any atom is -0.493 e. The first-order chi connectivity index (χ1) is 10.1. The van der Waals surface area contributed by atoms with E-state index in [0.29, 0.717) is 5.76 Å². The van der Waals surface area contributed by atoms with Crippen LogP contribution in [0.2, 0.25) is 0 Å². The highest BCUT2D eigenvalue weighted by molar-refractivity contribution is 5.77. The summed E-state index contributed by atoms with van der Waals surface area (Å²) in [5.41, 5.74) is 1.63. The number of hydrogen-bond acceptors (Lipinski definition) is 4. The highest BCUT2D eigenvalue weighted by Gasteiger charge is 2.04. The van der Waals surface area contributed by atoms with Gasteiger partial charge in [-0.3, -0.25) is 4.98 Å². The lowest BCUT2D eigenvalue weighted by atomic mass is 10.1. The fraction of sp³-hybridized carbons (Fsp3) is 0.0667. The number of H-pyrrole nitrogens is 1. The lowest BCUT2D eigenvalue weighted by Crippen LogP contribution is -2.11. The first-order valence-electron chi connectivity index (χ1n) is 6.34. The SMILES string of the molecule is Cc1ccc(-c2ccc(C=Nn3cc(O)[nH]c3=O)o2)cc1. The molecule has 2 aromatic heterocycles. The van der Waals surface area contributed by atoms with Crippen LogP contribution in [0.5, 0.6) is 5.88 Å². The molecule has 3 rings (SSSR count). The van der Waals surface area contributed by atoms with E-state index in [9.17, 15) is 4.79 Å². The van der Waals surface area contributed by atoms with Gasteiger partial charge in [0.25, 0.3) is 0 Å². The van der Waals surface area contributed by atoms with Gasteiger partial charge in [-0.2, -0.15) is 9.78 Å². The Labute approximate surface area is 120 Å². The van der Waals surface area contributed by atoms with E-state index in [4.69, 9.17) is 9.52 Å². The van der Waals surface area contributed by atoms with Crippen molar-refractivity contribution in [2.24, 2.45) is 5.10 Å². The molecule has 2 heterocycles. The Morgan fingerprint density at radius 3 is 2.67 bits per heavy atom. The van der Waals surface area contributed by atoms with Gasteiger partial charge < -0.3 is 9.52 Å². The van der Waals surface area contributed by atoms with Crippen LogP contribution in [0.1, 0.15) is 11.3 Å². The number of benzene rings is 1. The van der Waals surface area contributed by atoms with Gasteiger partial charge in [-0.25, -0.2) is 4.79 Å². The Morgan fingerprint density at radius 1 is 1.24 bits per heavy atom. The normalized spacial score (nSPS) is 11.3. The average molecular weight is 283 g/mol. The summed E-state index contributed by atoms with van der Waals surface area (Å²) in [6.45, 7) is 2.02. The predicted octanol–water partition coefficient (Wildman–Crippen LogP) is 2.33. The summed E-state index contributed by atoms with van der Waals surface area (Å²) < 4.78 is 6.63. The van der Waals surface area contributed by atoms with Gasteiger partial charge in [-0.1, -0.05) is 29.8 Å². The molecule has 0 spiro atoms. The molecule has 0 saturated heterocycles. The van der Waals surface area contributed by atoms with E-state index in [2.05, 4.69) is 10.1 Å². The smallest absolute Gasteiger partial charge is 0.349 e. The van der Waals surface area contributed by atoms with Gasteiger partial charge in [0.1, 0.15) is 11.5 Å². The van der Waals surface area contributed by atoms with Gasteiger partial charge in [-0.05, 0) is 19.1 Å². The Bertz CT molecular complexity index is 838. The molecule has 3 aromatic rings. The second kappa shape index (κ2) is 5.16. The maximum absolute atomic E-state index is 11.3. The van der Waals surface area contributed by atoms with Crippen molar-refractivity contribution in [3.63, 3.8) is 0 Å². The Kier molecular flexibility index (Phi) is 3.19. The molecular weight excluding hydrogens is 270 g/mol. The number of imidazole rings is 1. The lowest BCUT2D eigenvalue weighted by molar-refractivity contribution is 0.455. The highest BCUT2D eigenvalue weighted by atomic mass is 16.3. The highest BCUT2D eigenvalue weighted by Crippen LogP contribution is 2.21. The first kappa shape index (κ1) is 13.0. The molecule has 0 amide bonds. The van der Waals surface area contributed by atoms with E-state index in [1.165, 1.54) is 18.0 Å². The quantitative estimate of drug-likeness (QED) is 0.724. The van der Waals surface area contributed by atoms with Gasteiger partial charge in [-0.15, -0.1) is 0 Å². The van der Waals surface area contributed by atoms with E-state index in [0.717, 1.165) is 16.0 Å². The Morgan fingerprint density at radius 2 is 2.00 bits per heavy atom. The number of hydrogen-bond donors (Lipinski definition) is 2. The van der Waals surface area contributed by atoms with E-state index < -0.39 is 5.69 Å². The number of aromatic hydroxyl groups is 1. The third kappa shape index (κ3) is 2.79. The zero-order chi connectivity index (χ0) is 14.8. The molecular formula is C15H13N3O3. The molecule has 1 aromatic carbocycles. The van der Waals surface area contributed by atoms with E-state index in [-0.39, 0.29) is 5.88 Å². The standard InChI is InChI=1S/C15H13N3O3/c1-10-2-4-11(5-3-10)13-7-6-12(21-13)8-16-18-9-14(19)17-15(18)20/h2-9,19H,1H3,(H,17,20). The molecule has 21 heavy (non-hydrogen) atoms. The number of aromatic nitrogens is 2. The van der Waals surface area contributed by atoms with Crippen LogP contribution in [0.4, 0.5) is 0 Å². The Hall–Kier alpha value is -3.02. The molecule has 0 fully saturated rings. The van der Waals surface area contributed by atoms with Crippen LogP contribution >= 0.6 is 0 Å². The van der Waals surface area contributed by atoms with Crippen LogP contribution in [0, 0.1) is 6.92 Å². The summed E-state index contributed by atoms with van der Waals surface area (Å²) in [7, 11) is 0. The van der Waals surface area contributed by atoms with Crippen molar-refractivity contribution in [1.82, 2.24) is 9.66 Å². The van der Waals surface area contributed by atoms with Crippen LogP contribution in [-0.2, 0) is 0 Å². The molecule has 0 bridgehead atoms. The molecule has 0 atom stereocenters. The molecule has 0 radical (unpaired) electrons. The molecule has 6 nitrogen and oxygen atoms in total. The topological polar surface area (TPSA) is 83.5 Å². The molecule has 0 unspecified atom stereocenters. The van der Waals surface area contributed by atoms with Crippen molar-refractivity contribution in [2.45, 2.75) is 6.92 Å². The molecule has 6 heteroatoms. The molecule has 0 aliphatic carbocycles. The molecule has 0 saturated carbocycles. The summed E-state index contributed by atoms with van der Waals surface area (Å²) in [4.78, 5) is 13.5. The second-order valence-electron chi connectivity index (χ2n) is 4.60. The van der Waals surface area contributed by atoms with E-state index in [1.807, 2.05) is 37.3 Å². The zero-order valence-corrected chi connectivity index (χ0v) is 11.3. The maximum atomic E-state index is 11.3. The van der Waals surface area contributed by atoms with Crippen LogP contribution in [0.15, 0.2) is 56.9 Å². The number of nitrogens with one attached hydrogen (secondary N) is 1. The molecule has 2 N–H and O–H groups in total.